The third-order valence-corrected chi connectivity index (χ3v) is 3.86. The van der Waals surface area contributed by atoms with Crippen LogP contribution in [0.2, 0.25) is 0 Å². The highest BCUT2D eigenvalue weighted by Gasteiger charge is 2.18. The summed E-state index contributed by atoms with van der Waals surface area (Å²) in [6.45, 7) is 14.4. The normalized spacial score (nSPS) is 19.6. The van der Waals surface area contributed by atoms with Gasteiger partial charge in [0.15, 0.2) is 5.96 Å². The zero-order valence-corrected chi connectivity index (χ0v) is 16.9. The molecule has 0 spiro atoms. The van der Waals surface area contributed by atoms with Gasteiger partial charge in [-0.25, -0.2) is 0 Å². The van der Waals surface area contributed by atoms with Crippen LogP contribution in [0.1, 0.15) is 40.0 Å². The smallest absolute Gasteiger partial charge is 0.191 e. The summed E-state index contributed by atoms with van der Waals surface area (Å²) in [5, 5.41) is 6.71. The largest absolute Gasteiger partial charge is 0.382 e. The van der Waals surface area contributed by atoms with Gasteiger partial charge in [0.05, 0.1) is 0 Å². The predicted octanol–water partition coefficient (Wildman–Crippen LogP) is 2.32. The summed E-state index contributed by atoms with van der Waals surface area (Å²) in [6, 6.07) is 0. The second-order valence-corrected chi connectivity index (χ2v) is 5.60. The number of likely N-dealkylation sites (tertiary alicyclic amines) is 1. The number of hydrogen-bond donors (Lipinski definition) is 2. The van der Waals surface area contributed by atoms with Crippen molar-refractivity contribution in [2.45, 2.75) is 40.0 Å². The third-order valence-electron chi connectivity index (χ3n) is 3.86. The van der Waals surface area contributed by atoms with Gasteiger partial charge in [0, 0.05) is 39.4 Å². The minimum atomic E-state index is 0. The lowest BCUT2D eigenvalue weighted by atomic mass is 9.98. The molecule has 0 aliphatic carbocycles. The monoisotopic (exact) mass is 426 g/mol. The highest BCUT2D eigenvalue weighted by Crippen LogP contribution is 2.16. The van der Waals surface area contributed by atoms with Gasteiger partial charge in [-0.1, -0.05) is 6.92 Å². The number of hydrogen-bond acceptors (Lipinski definition) is 3. The first-order valence-corrected chi connectivity index (χ1v) is 8.62. The number of halogens is 1. The van der Waals surface area contributed by atoms with Crippen LogP contribution in [0, 0.1) is 5.92 Å². The molecule has 1 unspecified atom stereocenters. The molecule has 5 nitrogen and oxygen atoms in total. The van der Waals surface area contributed by atoms with E-state index in [1.54, 1.807) is 0 Å². The van der Waals surface area contributed by atoms with Crippen LogP contribution in [-0.4, -0.2) is 63.3 Å². The van der Waals surface area contributed by atoms with Gasteiger partial charge in [-0.2, -0.15) is 0 Å². The van der Waals surface area contributed by atoms with Gasteiger partial charge in [0.25, 0.3) is 0 Å². The summed E-state index contributed by atoms with van der Waals surface area (Å²) in [4.78, 5) is 7.28. The van der Waals surface area contributed by atoms with Crippen molar-refractivity contribution < 1.29 is 4.74 Å². The standard InChI is InChI=1S/C16H34N4O.HI/c1-4-17-16(18-10-8-12-21-6-3)19-13-15-9-7-11-20(5-2)14-15;/h15H,4-14H2,1-3H3,(H2,17,18,19);1H. The first-order chi connectivity index (χ1) is 10.3. The average molecular weight is 426 g/mol. The van der Waals surface area contributed by atoms with E-state index in [-0.39, 0.29) is 24.0 Å². The maximum absolute atomic E-state index is 5.35. The van der Waals surface area contributed by atoms with Gasteiger partial charge in [-0.15, -0.1) is 24.0 Å². The zero-order chi connectivity index (χ0) is 15.3. The van der Waals surface area contributed by atoms with Crippen molar-refractivity contribution in [1.82, 2.24) is 15.5 Å². The third kappa shape index (κ3) is 9.84. The van der Waals surface area contributed by atoms with Crippen molar-refractivity contribution in [2.75, 3.05) is 52.5 Å². The predicted molar refractivity (Wildman–Crippen MR) is 105 cm³/mol. The number of ether oxygens (including phenoxy) is 1. The van der Waals surface area contributed by atoms with Gasteiger partial charge in [-0.3, -0.25) is 4.99 Å². The highest BCUT2D eigenvalue weighted by molar-refractivity contribution is 14.0. The lowest BCUT2D eigenvalue weighted by molar-refractivity contribution is 0.145. The molecule has 0 saturated carbocycles. The summed E-state index contributed by atoms with van der Waals surface area (Å²) >= 11 is 0. The molecule has 22 heavy (non-hydrogen) atoms. The number of nitrogens with zero attached hydrogens (tertiary/aromatic N) is 2. The van der Waals surface area contributed by atoms with E-state index in [4.69, 9.17) is 9.73 Å². The molecule has 2 N–H and O–H groups in total. The lowest BCUT2D eigenvalue weighted by Crippen LogP contribution is -2.40. The molecule has 132 valence electrons. The first-order valence-electron chi connectivity index (χ1n) is 8.62. The minimum Gasteiger partial charge on any atom is -0.382 e. The number of aliphatic imine (C=N–C) groups is 1. The number of piperidine rings is 1. The van der Waals surface area contributed by atoms with Crippen molar-refractivity contribution >= 4 is 29.9 Å². The van der Waals surface area contributed by atoms with E-state index in [1.165, 1.54) is 25.9 Å². The van der Waals surface area contributed by atoms with Crippen LogP contribution in [0.5, 0.6) is 0 Å². The second kappa shape index (κ2) is 14.5. The number of guanidine groups is 1. The molecule has 0 radical (unpaired) electrons. The first kappa shape index (κ1) is 21.9. The molecule has 0 bridgehead atoms. The van der Waals surface area contributed by atoms with Gasteiger partial charge < -0.3 is 20.3 Å². The van der Waals surface area contributed by atoms with Gasteiger partial charge in [-0.05, 0) is 52.1 Å². The van der Waals surface area contributed by atoms with E-state index in [1.807, 2.05) is 6.92 Å². The van der Waals surface area contributed by atoms with Crippen molar-refractivity contribution in [3.8, 4) is 0 Å². The molecule has 1 fully saturated rings. The zero-order valence-electron chi connectivity index (χ0n) is 14.6. The quantitative estimate of drug-likeness (QED) is 0.257. The van der Waals surface area contributed by atoms with E-state index in [2.05, 4.69) is 29.4 Å². The van der Waals surface area contributed by atoms with Crippen molar-refractivity contribution in [3.05, 3.63) is 0 Å². The fourth-order valence-electron chi connectivity index (χ4n) is 2.68. The summed E-state index contributed by atoms with van der Waals surface area (Å²) in [5.74, 6) is 1.65. The molecule has 1 saturated heterocycles. The van der Waals surface area contributed by atoms with Crippen molar-refractivity contribution in [1.29, 1.82) is 0 Å². The van der Waals surface area contributed by atoms with Crippen molar-refractivity contribution in [2.24, 2.45) is 10.9 Å². The SMILES string of the molecule is CCNC(=NCC1CCCN(CC)C1)NCCCOCC.I. The summed E-state index contributed by atoms with van der Waals surface area (Å²) < 4.78 is 5.35. The molecule has 0 aromatic heterocycles. The van der Waals surface area contributed by atoms with E-state index in [0.717, 1.165) is 51.8 Å². The van der Waals surface area contributed by atoms with Gasteiger partial charge >= 0.3 is 0 Å². The van der Waals surface area contributed by atoms with Crippen LogP contribution in [0.25, 0.3) is 0 Å². The van der Waals surface area contributed by atoms with E-state index in [0.29, 0.717) is 5.92 Å². The molecular weight excluding hydrogens is 391 g/mol. The van der Waals surface area contributed by atoms with Crippen LogP contribution in [0.3, 0.4) is 0 Å². The number of rotatable bonds is 9. The van der Waals surface area contributed by atoms with Crippen LogP contribution >= 0.6 is 24.0 Å². The Labute approximate surface area is 153 Å². The summed E-state index contributed by atoms with van der Waals surface area (Å²) in [7, 11) is 0. The average Bonchev–Trinajstić information content (AvgIpc) is 2.52. The van der Waals surface area contributed by atoms with E-state index < -0.39 is 0 Å². The van der Waals surface area contributed by atoms with E-state index >= 15 is 0 Å². The Hall–Kier alpha value is -0.0800. The molecule has 6 heteroatoms. The Morgan fingerprint density at radius 2 is 2.09 bits per heavy atom. The maximum Gasteiger partial charge on any atom is 0.191 e. The molecule has 1 rings (SSSR count). The Balaban J connectivity index is 0.00000441. The molecule has 1 aliphatic heterocycles. The maximum atomic E-state index is 5.35. The highest BCUT2D eigenvalue weighted by atomic mass is 127. The second-order valence-electron chi connectivity index (χ2n) is 5.60. The molecule has 1 atom stereocenters. The molecule has 0 aromatic rings. The summed E-state index contributed by atoms with van der Waals surface area (Å²) in [6.07, 6.45) is 3.64. The lowest BCUT2D eigenvalue weighted by Gasteiger charge is -2.31. The topological polar surface area (TPSA) is 48.9 Å². The minimum absolute atomic E-state index is 0. The Bertz CT molecular complexity index is 289. The summed E-state index contributed by atoms with van der Waals surface area (Å²) in [5.41, 5.74) is 0. The van der Waals surface area contributed by atoms with Gasteiger partial charge in [0.1, 0.15) is 0 Å². The fourth-order valence-corrected chi connectivity index (χ4v) is 2.68. The van der Waals surface area contributed by atoms with Gasteiger partial charge in [0.2, 0.25) is 0 Å². The molecule has 1 heterocycles. The van der Waals surface area contributed by atoms with Crippen LogP contribution in [0.15, 0.2) is 4.99 Å². The fraction of sp³-hybridized carbons (Fsp3) is 0.938. The Morgan fingerprint density at radius 3 is 2.77 bits per heavy atom. The molecule has 1 aliphatic rings. The Kier molecular flexibility index (Phi) is 14.5. The van der Waals surface area contributed by atoms with Crippen LogP contribution in [-0.2, 0) is 4.74 Å². The van der Waals surface area contributed by atoms with Crippen LogP contribution < -0.4 is 10.6 Å². The van der Waals surface area contributed by atoms with E-state index in [9.17, 15) is 0 Å². The number of nitrogens with one attached hydrogen (secondary N) is 2. The van der Waals surface area contributed by atoms with Crippen LogP contribution in [0.4, 0.5) is 0 Å². The molecule has 0 aromatic carbocycles. The molecular formula is C16H35IN4O. The Morgan fingerprint density at radius 1 is 1.27 bits per heavy atom. The van der Waals surface area contributed by atoms with Crippen molar-refractivity contribution in [3.63, 3.8) is 0 Å². The molecule has 0 amide bonds.